The topological polar surface area (TPSA) is 125 Å². The van der Waals surface area contributed by atoms with Crippen molar-refractivity contribution < 1.29 is 24.5 Å². The number of benzene rings is 2. The van der Waals surface area contributed by atoms with Gasteiger partial charge in [-0.2, -0.15) is 0 Å². The SMILES string of the molecule is CCCN(CCC)C(=O)C1=CC(C)=CC(C(N)=O)([C@H](Cc2ccc(CO)cc2)[C@@H](O)CNCc2cccc(OC)c2)C1. The number of nitrogens with two attached hydrogens (primary N) is 1. The first-order valence-electron chi connectivity index (χ1n) is 14.9. The molecule has 0 radical (unpaired) electrons. The molecular weight excluding hydrogens is 530 g/mol. The Balaban J connectivity index is 1.95. The van der Waals surface area contributed by atoms with E-state index in [4.69, 9.17) is 10.5 Å². The molecule has 1 unspecified atom stereocenters. The van der Waals surface area contributed by atoms with E-state index < -0.39 is 23.3 Å². The zero-order valence-corrected chi connectivity index (χ0v) is 25.4. The maximum atomic E-state index is 13.7. The Morgan fingerprint density at radius 2 is 1.74 bits per heavy atom. The molecule has 0 aliphatic heterocycles. The Labute approximate surface area is 250 Å². The third-order valence-corrected chi connectivity index (χ3v) is 7.98. The molecule has 8 heteroatoms. The first-order valence-corrected chi connectivity index (χ1v) is 14.9. The zero-order chi connectivity index (χ0) is 30.7. The van der Waals surface area contributed by atoms with E-state index in [1.54, 1.807) is 7.11 Å². The van der Waals surface area contributed by atoms with E-state index in [9.17, 15) is 19.8 Å². The third-order valence-electron chi connectivity index (χ3n) is 7.98. The molecule has 0 saturated heterocycles. The number of ether oxygens (including phenoxy) is 1. The van der Waals surface area contributed by atoms with Crippen molar-refractivity contribution in [3.05, 3.63) is 88.5 Å². The van der Waals surface area contributed by atoms with Crippen molar-refractivity contribution in [3.63, 3.8) is 0 Å². The molecule has 5 N–H and O–H groups in total. The first-order chi connectivity index (χ1) is 20.2. The van der Waals surface area contributed by atoms with Gasteiger partial charge in [0.1, 0.15) is 5.75 Å². The second-order valence-electron chi connectivity index (χ2n) is 11.3. The van der Waals surface area contributed by atoms with Crippen molar-refractivity contribution in [1.82, 2.24) is 10.2 Å². The number of aliphatic hydroxyl groups is 2. The van der Waals surface area contributed by atoms with E-state index in [1.807, 2.05) is 86.4 Å². The van der Waals surface area contributed by atoms with Gasteiger partial charge in [-0.3, -0.25) is 9.59 Å². The molecule has 0 bridgehead atoms. The molecule has 3 atom stereocenters. The van der Waals surface area contributed by atoms with Crippen LogP contribution in [0.2, 0.25) is 0 Å². The van der Waals surface area contributed by atoms with Crippen LogP contribution < -0.4 is 15.8 Å². The Hall–Kier alpha value is -3.46. The van der Waals surface area contributed by atoms with E-state index in [1.165, 1.54) is 0 Å². The summed E-state index contributed by atoms with van der Waals surface area (Å²) < 4.78 is 5.32. The Kier molecular flexibility index (Phi) is 12.3. The van der Waals surface area contributed by atoms with Crippen LogP contribution in [0, 0.1) is 11.3 Å². The van der Waals surface area contributed by atoms with Crippen LogP contribution in [-0.2, 0) is 29.2 Å². The number of allylic oxidation sites excluding steroid dienone is 2. The highest BCUT2D eigenvalue weighted by Crippen LogP contribution is 2.44. The average molecular weight is 578 g/mol. The molecular formula is C34H47N3O5. The molecule has 8 nitrogen and oxygen atoms in total. The first kappa shape index (κ1) is 33.0. The van der Waals surface area contributed by atoms with Gasteiger partial charge in [-0.1, -0.05) is 68.0 Å². The maximum absolute atomic E-state index is 13.7. The summed E-state index contributed by atoms with van der Waals surface area (Å²) in [6.07, 6.45) is 4.88. The standard InChI is InChI=1S/C34H47N3O5/c1-5-14-37(15-6-2)32(40)28-16-24(3)19-34(20-28,33(35)41)30(18-25-10-12-26(23-38)13-11-25)31(39)22-36-21-27-8-7-9-29(17-27)42-4/h7-13,16-17,19,30-31,36,38-39H,5-6,14-15,18,20-23H2,1-4H3,(H2,35,41)/t30-,31+,34?/m1/s1. The molecule has 2 amide bonds. The lowest BCUT2D eigenvalue weighted by Gasteiger charge is -2.42. The summed E-state index contributed by atoms with van der Waals surface area (Å²) in [7, 11) is 1.62. The van der Waals surface area contributed by atoms with Gasteiger partial charge in [-0.15, -0.1) is 0 Å². The predicted molar refractivity (Wildman–Crippen MR) is 166 cm³/mol. The molecule has 42 heavy (non-hydrogen) atoms. The lowest BCUT2D eigenvalue weighted by atomic mass is 9.63. The molecule has 1 aliphatic carbocycles. The fourth-order valence-corrected chi connectivity index (χ4v) is 5.90. The summed E-state index contributed by atoms with van der Waals surface area (Å²) in [5.74, 6) is -0.529. The number of nitrogens with zero attached hydrogens (tertiary/aromatic N) is 1. The number of carbonyl (C=O) groups excluding carboxylic acids is 2. The van der Waals surface area contributed by atoms with E-state index in [2.05, 4.69) is 5.32 Å². The number of hydrogen-bond donors (Lipinski definition) is 4. The monoisotopic (exact) mass is 577 g/mol. The van der Waals surface area contributed by atoms with E-state index in [0.29, 0.717) is 31.6 Å². The van der Waals surface area contributed by atoms with Crippen LogP contribution in [0.15, 0.2) is 71.8 Å². The minimum Gasteiger partial charge on any atom is -0.497 e. The fraction of sp³-hybridized carbons (Fsp3) is 0.471. The minimum absolute atomic E-state index is 0.0734. The van der Waals surface area contributed by atoms with Crippen molar-refractivity contribution >= 4 is 11.8 Å². The van der Waals surface area contributed by atoms with Crippen LogP contribution >= 0.6 is 0 Å². The van der Waals surface area contributed by atoms with Crippen molar-refractivity contribution in [3.8, 4) is 5.75 Å². The highest BCUT2D eigenvalue weighted by Gasteiger charge is 2.48. The van der Waals surface area contributed by atoms with Gasteiger partial charge in [-0.05, 0) is 61.4 Å². The Morgan fingerprint density at radius 3 is 2.33 bits per heavy atom. The molecule has 2 aromatic carbocycles. The minimum atomic E-state index is -1.28. The number of aliphatic hydroxyl groups excluding tert-OH is 2. The van der Waals surface area contributed by atoms with Gasteiger partial charge in [-0.25, -0.2) is 0 Å². The molecule has 0 aromatic heterocycles. The highest BCUT2D eigenvalue weighted by atomic mass is 16.5. The summed E-state index contributed by atoms with van der Waals surface area (Å²) in [6.45, 7) is 7.85. The van der Waals surface area contributed by atoms with E-state index in [0.717, 1.165) is 40.9 Å². The fourth-order valence-electron chi connectivity index (χ4n) is 5.90. The smallest absolute Gasteiger partial charge is 0.249 e. The third kappa shape index (κ3) is 8.31. The number of methoxy groups -OCH3 is 1. The summed E-state index contributed by atoms with van der Waals surface area (Å²) in [4.78, 5) is 29.0. The summed E-state index contributed by atoms with van der Waals surface area (Å²) >= 11 is 0. The van der Waals surface area contributed by atoms with Crippen LogP contribution in [-0.4, -0.2) is 59.8 Å². The molecule has 0 saturated carbocycles. The van der Waals surface area contributed by atoms with E-state index in [-0.39, 0.29) is 25.5 Å². The second kappa shape index (κ2) is 15.7. The van der Waals surface area contributed by atoms with Gasteiger partial charge in [0.05, 0.1) is 25.2 Å². The van der Waals surface area contributed by atoms with Crippen LogP contribution in [0.4, 0.5) is 0 Å². The molecule has 2 aromatic rings. The number of carbonyl (C=O) groups is 2. The Bertz CT molecular complexity index is 1250. The van der Waals surface area contributed by atoms with E-state index >= 15 is 0 Å². The predicted octanol–water partition coefficient (Wildman–Crippen LogP) is 3.89. The largest absolute Gasteiger partial charge is 0.497 e. The van der Waals surface area contributed by atoms with Crippen LogP contribution in [0.3, 0.4) is 0 Å². The number of rotatable bonds is 16. The van der Waals surface area contributed by atoms with Gasteiger partial charge in [0.2, 0.25) is 11.8 Å². The molecule has 228 valence electrons. The lowest BCUT2D eigenvalue weighted by molar-refractivity contribution is -0.132. The maximum Gasteiger partial charge on any atom is 0.249 e. The van der Waals surface area contributed by atoms with Crippen molar-refractivity contribution in [2.75, 3.05) is 26.7 Å². The van der Waals surface area contributed by atoms with Gasteiger partial charge >= 0.3 is 0 Å². The summed E-state index contributed by atoms with van der Waals surface area (Å²) in [5.41, 5.74) is 8.90. The quantitative estimate of drug-likeness (QED) is 0.240. The van der Waals surface area contributed by atoms with Crippen LogP contribution in [0.1, 0.15) is 56.7 Å². The van der Waals surface area contributed by atoms with Gasteiger partial charge < -0.3 is 30.9 Å². The van der Waals surface area contributed by atoms with Crippen molar-refractivity contribution in [2.45, 2.75) is 65.7 Å². The Morgan fingerprint density at radius 1 is 1.07 bits per heavy atom. The number of amides is 2. The molecule has 1 aliphatic rings. The molecule has 0 fully saturated rings. The summed E-state index contributed by atoms with van der Waals surface area (Å²) in [6, 6.07) is 15.2. The van der Waals surface area contributed by atoms with Gasteiger partial charge in [0, 0.05) is 37.7 Å². The number of hydrogen-bond acceptors (Lipinski definition) is 6. The number of primary amides is 1. The van der Waals surface area contributed by atoms with Gasteiger partial charge in [0.15, 0.2) is 0 Å². The zero-order valence-electron chi connectivity index (χ0n) is 25.4. The summed E-state index contributed by atoms with van der Waals surface area (Å²) in [5, 5.41) is 24.6. The normalized spacial score (nSPS) is 18.0. The lowest BCUT2D eigenvalue weighted by Crippen LogP contribution is -2.51. The van der Waals surface area contributed by atoms with Crippen LogP contribution in [0.5, 0.6) is 5.75 Å². The molecule has 0 heterocycles. The molecule has 3 rings (SSSR count). The highest BCUT2D eigenvalue weighted by molar-refractivity contribution is 5.97. The number of nitrogens with one attached hydrogen (secondary N) is 1. The average Bonchev–Trinajstić information content (AvgIpc) is 2.99. The van der Waals surface area contributed by atoms with Crippen molar-refractivity contribution in [2.24, 2.45) is 17.1 Å². The second-order valence-corrected chi connectivity index (χ2v) is 11.3. The van der Waals surface area contributed by atoms with Gasteiger partial charge in [0.25, 0.3) is 0 Å². The molecule has 0 spiro atoms. The van der Waals surface area contributed by atoms with Crippen LogP contribution in [0.25, 0.3) is 0 Å². The van der Waals surface area contributed by atoms with Crippen molar-refractivity contribution in [1.29, 1.82) is 0 Å².